The van der Waals surface area contributed by atoms with Crippen LogP contribution in [0.25, 0.3) is 6.08 Å². The monoisotopic (exact) mass is 563 g/mol. The number of likely N-dealkylation sites (N-methyl/N-ethyl adjacent to an activating group) is 1. The molecule has 3 aliphatic rings. The number of anilines is 1. The van der Waals surface area contributed by atoms with E-state index in [0.29, 0.717) is 30.0 Å². The summed E-state index contributed by atoms with van der Waals surface area (Å²) in [6, 6.07) is 12.0. The van der Waals surface area contributed by atoms with Gasteiger partial charge >= 0.3 is 12.1 Å². The molecule has 10 nitrogen and oxygen atoms in total. The summed E-state index contributed by atoms with van der Waals surface area (Å²) in [6.07, 6.45) is 1.66. The summed E-state index contributed by atoms with van der Waals surface area (Å²) >= 11 is 0. The number of fused-ring (bicyclic) bond motifs is 5. The van der Waals surface area contributed by atoms with E-state index in [1.54, 1.807) is 11.0 Å². The SMILES string of the molecule is COC(=O)Nc1ccc2c(c1OC)[C@H](COCc1ccccc1)N1C(=O)[C@@H]3C[C@@H](C(=O)OC(C)(C)C)[C@H](C1=C2)N3C. The maximum absolute atomic E-state index is 14.1. The van der Waals surface area contributed by atoms with E-state index in [1.807, 2.05) is 75.2 Å². The molecule has 1 N–H and O–H groups in total. The average Bonchev–Trinajstić information content (AvgIpc) is 3.21. The number of carbonyl (C=O) groups excluding carboxylic acids is 3. The Morgan fingerprint density at radius 3 is 2.46 bits per heavy atom. The Morgan fingerprint density at radius 2 is 1.80 bits per heavy atom. The fourth-order valence-corrected chi connectivity index (χ4v) is 6.10. The molecular weight excluding hydrogens is 526 g/mol. The number of nitrogens with one attached hydrogen (secondary N) is 1. The smallest absolute Gasteiger partial charge is 0.411 e. The molecule has 4 atom stereocenters. The van der Waals surface area contributed by atoms with Gasteiger partial charge in [0.2, 0.25) is 5.91 Å². The van der Waals surface area contributed by atoms with Crippen LogP contribution in [-0.4, -0.2) is 73.3 Å². The number of ether oxygens (including phenoxy) is 4. The van der Waals surface area contributed by atoms with Gasteiger partial charge < -0.3 is 23.8 Å². The van der Waals surface area contributed by atoms with Gasteiger partial charge in [0.25, 0.3) is 0 Å². The number of amides is 2. The molecule has 0 radical (unpaired) electrons. The first-order valence-corrected chi connectivity index (χ1v) is 13.7. The maximum Gasteiger partial charge on any atom is 0.411 e. The Labute approximate surface area is 240 Å². The summed E-state index contributed by atoms with van der Waals surface area (Å²) in [5.41, 5.74) is 3.02. The molecule has 0 aromatic heterocycles. The molecule has 0 unspecified atom stereocenters. The Kier molecular flexibility index (Phi) is 7.80. The van der Waals surface area contributed by atoms with Gasteiger partial charge in [-0.1, -0.05) is 36.4 Å². The molecule has 2 saturated heterocycles. The molecule has 3 heterocycles. The first-order valence-electron chi connectivity index (χ1n) is 13.7. The molecule has 41 heavy (non-hydrogen) atoms. The van der Waals surface area contributed by atoms with Crippen LogP contribution in [0.1, 0.15) is 49.9 Å². The minimum absolute atomic E-state index is 0.117. The van der Waals surface area contributed by atoms with Gasteiger partial charge in [0, 0.05) is 11.3 Å². The standard InChI is InChI=1S/C31H37N3O7/c1-31(2,3)41-29(36)20-15-23-28(35)34-22(26(20)33(23)4)14-19-12-13-21(32-30(37)39-6)27(38-5)25(19)24(34)17-40-16-18-10-8-7-9-11-18/h7-14,20,23-24,26H,15-17H2,1-6H3,(H,32,37)/t20-,23+,24+,26-/m1/s1. The predicted octanol–water partition coefficient (Wildman–Crippen LogP) is 4.36. The van der Waals surface area contributed by atoms with E-state index >= 15 is 0 Å². The fourth-order valence-electron chi connectivity index (χ4n) is 6.10. The average molecular weight is 564 g/mol. The van der Waals surface area contributed by atoms with Crippen molar-refractivity contribution in [2.24, 2.45) is 5.92 Å². The van der Waals surface area contributed by atoms with Crippen LogP contribution >= 0.6 is 0 Å². The van der Waals surface area contributed by atoms with Gasteiger partial charge in [-0.2, -0.15) is 0 Å². The molecule has 2 aromatic carbocycles. The Bertz CT molecular complexity index is 1370. The second-order valence-electron chi connectivity index (χ2n) is 11.6. The number of piperazine rings is 1. The van der Waals surface area contributed by atoms with Crippen molar-refractivity contribution in [2.75, 3.05) is 33.2 Å². The van der Waals surface area contributed by atoms with Crippen molar-refractivity contribution >= 4 is 29.7 Å². The highest BCUT2D eigenvalue weighted by atomic mass is 16.6. The van der Waals surface area contributed by atoms with E-state index in [9.17, 15) is 14.4 Å². The normalized spacial score (nSPS) is 23.3. The number of rotatable bonds is 7. The third-order valence-corrected chi connectivity index (χ3v) is 7.79. The second-order valence-corrected chi connectivity index (χ2v) is 11.6. The Morgan fingerprint density at radius 1 is 1.07 bits per heavy atom. The largest absolute Gasteiger partial charge is 0.494 e. The van der Waals surface area contributed by atoms with Crippen molar-refractivity contribution in [1.29, 1.82) is 0 Å². The highest BCUT2D eigenvalue weighted by Gasteiger charge is 2.57. The summed E-state index contributed by atoms with van der Waals surface area (Å²) in [4.78, 5) is 43.4. The van der Waals surface area contributed by atoms with Crippen LogP contribution in [0.3, 0.4) is 0 Å². The van der Waals surface area contributed by atoms with Gasteiger partial charge in [-0.3, -0.25) is 19.8 Å². The lowest BCUT2D eigenvalue weighted by molar-refractivity contribution is -0.160. The van der Waals surface area contributed by atoms with Gasteiger partial charge in [0.15, 0.2) is 0 Å². The van der Waals surface area contributed by atoms with E-state index < -0.39 is 29.7 Å². The number of nitrogens with zero attached hydrogens (tertiary/aromatic N) is 2. The van der Waals surface area contributed by atoms with Crippen LogP contribution in [0.5, 0.6) is 5.75 Å². The molecule has 2 amide bonds. The molecule has 5 rings (SSSR count). The summed E-state index contributed by atoms with van der Waals surface area (Å²) in [5, 5.41) is 2.71. The van der Waals surface area contributed by atoms with Gasteiger partial charge in [-0.25, -0.2) is 4.79 Å². The maximum atomic E-state index is 14.1. The van der Waals surface area contributed by atoms with Crippen LogP contribution in [0, 0.1) is 5.92 Å². The zero-order valence-corrected chi connectivity index (χ0v) is 24.3. The molecule has 0 saturated carbocycles. The first-order chi connectivity index (χ1) is 19.5. The number of esters is 1. The van der Waals surface area contributed by atoms with Gasteiger partial charge in [-0.15, -0.1) is 0 Å². The van der Waals surface area contributed by atoms with Crippen molar-refractivity contribution in [3.05, 3.63) is 64.9 Å². The third-order valence-electron chi connectivity index (χ3n) is 7.79. The lowest BCUT2D eigenvalue weighted by atomic mass is 9.87. The van der Waals surface area contributed by atoms with Gasteiger partial charge in [0.1, 0.15) is 11.4 Å². The highest BCUT2D eigenvalue weighted by Crippen LogP contribution is 2.51. The molecule has 2 aromatic rings. The lowest BCUT2D eigenvalue weighted by Gasteiger charge is -2.47. The molecule has 2 bridgehead atoms. The van der Waals surface area contributed by atoms with Crippen molar-refractivity contribution in [3.8, 4) is 5.75 Å². The Hall–Kier alpha value is -3.89. The molecule has 218 valence electrons. The molecule has 3 aliphatic heterocycles. The quantitative estimate of drug-likeness (QED) is 0.496. The van der Waals surface area contributed by atoms with Crippen LogP contribution in [0.15, 0.2) is 48.2 Å². The van der Waals surface area contributed by atoms with Crippen LogP contribution < -0.4 is 10.1 Å². The first kappa shape index (κ1) is 28.6. The van der Waals surface area contributed by atoms with E-state index in [0.717, 1.165) is 16.8 Å². The van der Waals surface area contributed by atoms with Gasteiger partial charge in [0.05, 0.1) is 57.2 Å². The topological polar surface area (TPSA) is 107 Å². The molecule has 2 fully saturated rings. The van der Waals surface area contributed by atoms with Gasteiger partial charge in [-0.05, 0) is 57.5 Å². The van der Waals surface area contributed by atoms with Crippen molar-refractivity contribution in [3.63, 3.8) is 0 Å². The highest BCUT2D eigenvalue weighted by molar-refractivity contribution is 5.93. The van der Waals surface area contributed by atoms with Crippen molar-refractivity contribution in [2.45, 2.75) is 57.5 Å². The zero-order valence-electron chi connectivity index (χ0n) is 24.3. The zero-order chi connectivity index (χ0) is 29.5. The molecule has 0 spiro atoms. The van der Waals surface area contributed by atoms with Crippen LogP contribution in [0.4, 0.5) is 10.5 Å². The number of methoxy groups -OCH3 is 2. The molecular formula is C31H37N3O7. The number of hydrogen-bond acceptors (Lipinski definition) is 8. The van der Waals surface area contributed by atoms with Crippen molar-refractivity contribution < 1.29 is 33.3 Å². The van der Waals surface area contributed by atoms with Crippen LogP contribution in [-0.2, 0) is 30.4 Å². The fraction of sp³-hybridized carbons (Fsp3) is 0.452. The summed E-state index contributed by atoms with van der Waals surface area (Å²) in [5.74, 6) is -0.517. The number of hydrogen-bond donors (Lipinski definition) is 1. The van der Waals surface area contributed by atoms with E-state index in [1.165, 1.54) is 14.2 Å². The summed E-state index contributed by atoms with van der Waals surface area (Å²) < 4.78 is 22.6. The minimum atomic E-state index is -0.645. The van der Waals surface area contributed by atoms with E-state index in [4.69, 9.17) is 18.9 Å². The Balaban J connectivity index is 1.58. The minimum Gasteiger partial charge on any atom is -0.494 e. The third kappa shape index (κ3) is 5.41. The van der Waals surface area contributed by atoms with Crippen molar-refractivity contribution in [1.82, 2.24) is 9.80 Å². The summed E-state index contributed by atoms with van der Waals surface area (Å²) in [6.45, 7) is 6.05. The van der Waals surface area contributed by atoms with E-state index in [2.05, 4.69) is 5.32 Å². The molecule has 10 heteroatoms. The number of benzene rings is 2. The summed E-state index contributed by atoms with van der Waals surface area (Å²) in [7, 11) is 4.69. The number of carbonyl (C=O) groups is 3. The molecule has 0 aliphatic carbocycles. The van der Waals surface area contributed by atoms with Crippen LogP contribution in [0.2, 0.25) is 0 Å². The lowest BCUT2D eigenvalue weighted by Crippen LogP contribution is -2.57. The van der Waals surface area contributed by atoms with E-state index in [-0.39, 0.29) is 24.5 Å². The second kappa shape index (κ2) is 11.2. The predicted molar refractivity (Wildman–Crippen MR) is 152 cm³/mol.